The Hall–Kier alpha value is -2.21. The number of rotatable bonds is 6. The van der Waals surface area contributed by atoms with E-state index in [-0.39, 0.29) is 18.3 Å². The number of benzene rings is 1. The number of hydrogen-bond acceptors (Lipinski definition) is 4. The van der Waals surface area contributed by atoms with Gasteiger partial charge in [0.25, 0.3) is 5.91 Å². The summed E-state index contributed by atoms with van der Waals surface area (Å²) in [6, 6.07) is 9.31. The lowest BCUT2D eigenvalue weighted by Gasteiger charge is -2.18. The number of carbonyl (C=O) groups excluding carboxylic acids is 2. The minimum Gasteiger partial charge on any atom is -0.455 e. The van der Waals surface area contributed by atoms with Gasteiger partial charge >= 0.3 is 5.97 Å². The molecule has 23 heavy (non-hydrogen) atoms. The van der Waals surface area contributed by atoms with Crippen LogP contribution in [-0.4, -0.2) is 18.5 Å². The molecule has 2 aromatic rings. The van der Waals surface area contributed by atoms with Crippen molar-refractivity contribution in [3.8, 4) is 0 Å². The minimum atomic E-state index is -0.422. The van der Waals surface area contributed by atoms with E-state index in [1.165, 1.54) is 23.5 Å². The van der Waals surface area contributed by atoms with Crippen LogP contribution in [0.25, 0.3) is 0 Å². The largest absolute Gasteiger partial charge is 0.455 e. The van der Waals surface area contributed by atoms with E-state index in [2.05, 4.69) is 5.32 Å². The number of ether oxygens (including phenoxy) is 1. The lowest BCUT2D eigenvalue weighted by molar-refractivity contribution is -0.151. The fourth-order valence-corrected chi connectivity index (χ4v) is 2.74. The molecule has 0 bridgehead atoms. The lowest BCUT2D eigenvalue weighted by Crippen LogP contribution is -2.33. The van der Waals surface area contributed by atoms with Gasteiger partial charge in [-0.05, 0) is 29.1 Å². The average Bonchev–Trinajstić information content (AvgIpc) is 3.05. The second-order valence-electron chi connectivity index (χ2n) is 5.33. The maximum absolute atomic E-state index is 13.1. The maximum atomic E-state index is 13.1. The van der Waals surface area contributed by atoms with Crippen LogP contribution in [0, 0.1) is 11.7 Å². The standard InChI is InChI=1S/C17H18FNO3S/c1-11(2)17(21)22-10-15(20)19-16(14-4-3-9-23-14)12-5-7-13(18)8-6-12/h3-9,11,16H,10H2,1-2H3,(H,19,20)/t16-/m0/s1. The number of amides is 1. The zero-order valence-electron chi connectivity index (χ0n) is 12.9. The Balaban J connectivity index is 2.08. The van der Waals surface area contributed by atoms with Crippen molar-refractivity contribution in [1.29, 1.82) is 0 Å². The molecule has 6 heteroatoms. The van der Waals surface area contributed by atoms with E-state index in [9.17, 15) is 14.0 Å². The number of halogens is 1. The molecule has 1 atom stereocenters. The van der Waals surface area contributed by atoms with Gasteiger partial charge in [-0.3, -0.25) is 9.59 Å². The first-order valence-corrected chi connectivity index (χ1v) is 8.10. The topological polar surface area (TPSA) is 55.4 Å². The maximum Gasteiger partial charge on any atom is 0.308 e. The summed E-state index contributed by atoms with van der Waals surface area (Å²) >= 11 is 1.49. The van der Waals surface area contributed by atoms with Crippen LogP contribution >= 0.6 is 11.3 Å². The highest BCUT2D eigenvalue weighted by atomic mass is 32.1. The minimum absolute atomic E-state index is 0.284. The van der Waals surface area contributed by atoms with Gasteiger partial charge in [-0.1, -0.05) is 32.0 Å². The highest BCUT2D eigenvalue weighted by molar-refractivity contribution is 7.10. The normalized spacial score (nSPS) is 12.0. The zero-order valence-corrected chi connectivity index (χ0v) is 13.7. The van der Waals surface area contributed by atoms with Crippen molar-refractivity contribution in [3.63, 3.8) is 0 Å². The summed E-state index contributed by atoms with van der Waals surface area (Å²) in [5.41, 5.74) is 0.761. The van der Waals surface area contributed by atoms with Gasteiger partial charge in [-0.15, -0.1) is 11.3 Å². The summed E-state index contributed by atoms with van der Waals surface area (Å²) in [6.45, 7) is 3.07. The Labute approximate surface area is 138 Å². The van der Waals surface area contributed by atoms with E-state index in [0.717, 1.165) is 10.4 Å². The van der Waals surface area contributed by atoms with Crippen LogP contribution in [0.1, 0.15) is 30.3 Å². The van der Waals surface area contributed by atoms with Crippen molar-refractivity contribution in [1.82, 2.24) is 5.32 Å². The quantitative estimate of drug-likeness (QED) is 0.824. The summed E-state index contributed by atoms with van der Waals surface area (Å²) in [6.07, 6.45) is 0. The first-order valence-electron chi connectivity index (χ1n) is 7.22. The summed E-state index contributed by atoms with van der Waals surface area (Å²) in [7, 11) is 0. The van der Waals surface area contributed by atoms with Crippen LogP contribution in [-0.2, 0) is 14.3 Å². The molecule has 1 N–H and O–H groups in total. The molecule has 0 unspecified atom stereocenters. The van der Waals surface area contributed by atoms with E-state index >= 15 is 0 Å². The molecule has 0 saturated carbocycles. The highest BCUT2D eigenvalue weighted by Crippen LogP contribution is 2.26. The Kier molecular flexibility index (Phi) is 5.87. The van der Waals surface area contributed by atoms with Gasteiger partial charge in [0.1, 0.15) is 5.82 Å². The Bertz CT molecular complexity index is 653. The van der Waals surface area contributed by atoms with Gasteiger partial charge in [0.2, 0.25) is 0 Å². The van der Waals surface area contributed by atoms with Crippen LogP contribution in [0.3, 0.4) is 0 Å². The fraction of sp³-hybridized carbons (Fsp3) is 0.294. The third-order valence-corrected chi connectivity index (χ3v) is 4.09. The highest BCUT2D eigenvalue weighted by Gasteiger charge is 2.19. The summed E-state index contributed by atoms with van der Waals surface area (Å²) in [4.78, 5) is 24.4. The number of carbonyl (C=O) groups is 2. The molecule has 4 nitrogen and oxygen atoms in total. The molecule has 1 aromatic carbocycles. The molecule has 0 radical (unpaired) electrons. The van der Waals surface area contributed by atoms with Gasteiger partial charge in [-0.25, -0.2) is 4.39 Å². The van der Waals surface area contributed by atoms with Crippen LogP contribution in [0.4, 0.5) is 4.39 Å². The first kappa shape index (κ1) is 17.1. The Morgan fingerprint density at radius 3 is 2.48 bits per heavy atom. The number of nitrogens with one attached hydrogen (secondary N) is 1. The SMILES string of the molecule is CC(C)C(=O)OCC(=O)N[C@@H](c1ccc(F)cc1)c1cccs1. The molecular weight excluding hydrogens is 317 g/mol. The van der Waals surface area contributed by atoms with Crippen LogP contribution in [0.2, 0.25) is 0 Å². The molecule has 0 aliphatic rings. The van der Waals surface area contributed by atoms with Crippen molar-refractivity contribution in [3.05, 3.63) is 58.0 Å². The molecule has 0 aliphatic heterocycles. The van der Waals surface area contributed by atoms with Gasteiger partial charge < -0.3 is 10.1 Å². The van der Waals surface area contributed by atoms with Crippen LogP contribution in [0.5, 0.6) is 0 Å². The molecule has 0 fully saturated rings. The number of hydrogen-bond donors (Lipinski definition) is 1. The predicted molar refractivity (Wildman–Crippen MR) is 86.5 cm³/mol. The molecule has 2 rings (SSSR count). The molecule has 0 saturated heterocycles. The van der Waals surface area contributed by atoms with Gasteiger partial charge in [0, 0.05) is 4.88 Å². The third-order valence-electron chi connectivity index (χ3n) is 3.15. The molecule has 122 valence electrons. The van der Waals surface area contributed by atoms with Crippen molar-refractivity contribution >= 4 is 23.2 Å². The summed E-state index contributed by atoms with van der Waals surface area (Å²) < 4.78 is 18.0. The van der Waals surface area contributed by atoms with Crippen molar-refractivity contribution < 1.29 is 18.7 Å². The average molecular weight is 335 g/mol. The smallest absolute Gasteiger partial charge is 0.308 e. The summed E-state index contributed by atoms with van der Waals surface area (Å²) in [5, 5.41) is 4.72. The third kappa shape index (κ3) is 4.89. The molecule has 1 heterocycles. The molecule has 0 spiro atoms. The van der Waals surface area contributed by atoms with Crippen molar-refractivity contribution in [2.24, 2.45) is 5.92 Å². The molecule has 1 amide bonds. The zero-order chi connectivity index (χ0) is 16.8. The predicted octanol–water partition coefficient (Wildman–Crippen LogP) is 3.29. The van der Waals surface area contributed by atoms with Crippen molar-refractivity contribution in [2.75, 3.05) is 6.61 Å². The van der Waals surface area contributed by atoms with Gasteiger partial charge in [-0.2, -0.15) is 0 Å². The van der Waals surface area contributed by atoms with E-state index in [0.29, 0.717) is 0 Å². The Morgan fingerprint density at radius 2 is 1.91 bits per heavy atom. The number of thiophene rings is 1. The lowest BCUT2D eigenvalue weighted by atomic mass is 10.1. The van der Waals surface area contributed by atoms with Crippen molar-refractivity contribution in [2.45, 2.75) is 19.9 Å². The van der Waals surface area contributed by atoms with E-state index in [4.69, 9.17) is 4.74 Å². The van der Waals surface area contributed by atoms with Crippen LogP contribution in [0.15, 0.2) is 41.8 Å². The van der Waals surface area contributed by atoms with E-state index < -0.39 is 17.9 Å². The monoisotopic (exact) mass is 335 g/mol. The van der Waals surface area contributed by atoms with Gasteiger partial charge in [0.15, 0.2) is 6.61 Å². The molecular formula is C17H18FNO3S. The number of esters is 1. The van der Waals surface area contributed by atoms with E-state index in [1.807, 2.05) is 17.5 Å². The first-order chi connectivity index (χ1) is 11.0. The Morgan fingerprint density at radius 1 is 1.22 bits per heavy atom. The second-order valence-corrected chi connectivity index (χ2v) is 6.31. The second kappa shape index (κ2) is 7.87. The summed E-state index contributed by atoms with van der Waals surface area (Å²) in [5.74, 6) is -1.44. The van der Waals surface area contributed by atoms with E-state index in [1.54, 1.807) is 26.0 Å². The molecule has 1 aromatic heterocycles. The van der Waals surface area contributed by atoms with Gasteiger partial charge in [0.05, 0.1) is 12.0 Å². The fourth-order valence-electron chi connectivity index (χ4n) is 1.94. The van der Waals surface area contributed by atoms with Crippen LogP contribution < -0.4 is 5.32 Å². The molecule has 0 aliphatic carbocycles.